The molecule has 0 aromatic carbocycles. The maximum atomic E-state index is 11.8. The Morgan fingerprint density at radius 1 is 1.30 bits per heavy atom. The van der Waals surface area contributed by atoms with Crippen LogP contribution in [0.25, 0.3) is 11.4 Å². The number of rotatable bonds is 3. The Balaban J connectivity index is 0.000001000. The van der Waals surface area contributed by atoms with Gasteiger partial charge in [-0.2, -0.15) is 0 Å². The Bertz CT molecular complexity index is 586. The lowest BCUT2D eigenvalue weighted by Gasteiger charge is -2.06. The van der Waals surface area contributed by atoms with Crippen LogP contribution in [-0.2, 0) is 4.79 Å². The van der Waals surface area contributed by atoms with E-state index < -0.39 is 5.54 Å². The van der Waals surface area contributed by atoms with Crippen LogP contribution in [0.5, 0.6) is 0 Å². The maximum Gasteiger partial charge on any atom is 0.246 e. The van der Waals surface area contributed by atoms with Crippen molar-refractivity contribution >= 4 is 47.2 Å². The fourth-order valence-corrected chi connectivity index (χ4v) is 2.25. The molecule has 3 rings (SSSR count). The molecule has 20 heavy (non-hydrogen) atoms. The molecule has 1 saturated carbocycles. The van der Waals surface area contributed by atoms with Gasteiger partial charge in [0.2, 0.25) is 5.91 Å². The monoisotopic (exact) mass is 332 g/mol. The van der Waals surface area contributed by atoms with Crippen molar-refractivity contribution in [2.45, 2.75) is 18.4 Å². The predicted octanol–water partition coefficient (Wildman–Crippen LogP) is 2.48. The molecular weight excluding hydrogens is 319 g/mol. The van der Waals surface area contributed by atoms with Gasteiger partial charge >= 0.3 is 0 Å². The molecule has 1 aliphatic carbocycles. The van der Waals surface area contributed by atoms with Crippen LogP contribution < -0.4 is 11.1 Å². The summed E-state index contributed by atoms with van der Waals surface area (Å²) in [6.45, 7) is 0. The van der Waals surface area contributed by atoms with E-state index in [1.54, 1.807) is 6.20 Å². The van der Waals surface area contributed by atoms with Gasteiger partial charge in [0.05, 0.1) is 11.2 Å². The molecule has 0 spiro atoms. The minimum Gasteiger partial charge on any atom is -0.317 e. The van der Waals surface area contributed by atoms with Gasteiger partial charge in [-0.15, -0.1) is 36.2 Å². The van der Waals surface area contributed by atoms with E-state index in [9.17, 15) is 4.79 Å². The van der Waals surface area contributed by atoms with Crippen LogP contribution in [0.2, 0.25) is 0 Å². The number of nitrogens with one attached hydrogen (secondary N) is 1. The van der Waals surface area contributed by atoms with E-state index in [4.69, 9.17) is 5.73 Å². The first-order valence-corrected chi connectivity index (χ1v) is 6.53. The second-order valence-corrected chi connectivity index (χ2v) is 5.22. The number of aromatic nitrogens is 2. The van der Waals surface area contributed by atoms with Crippen molar-refractivity contribution in [3.8, 4) is 11.4 Å². The number of hydrogen-bond acceptors (Lipinski definition) is 5. The number of hydrogen-bond donors (Lipinski definition) is 2. The quantitative estimate of drug-likeness (QED) is 0.904. The van der Waals surface area contributed by atoms with Crippen molar-refractivity contribution < 1.29 is 4.79 Å². The fraction of sp³-hybridized carbons (Fsp3) is 0.250. The van der Waals surface area contributed by atoms with Crippen LogP contribution in [0.15, 0.2) is 29.8 Å². The lowest BCUT2D eigenvalue weighted by Crippen LogP contribution is -2.37. The molecule has 108 valence electrons. The number of carbonyl (C=O) groups excluding carboxylic acids is 1. The number of anilines is 1. The van der Waals surface area contributed by atoms with Gasteiger partial charge in [0.1, 0.15) is 5.69 Å². The maximum absolute atomic E-state index is 11.8. The highest BCUT2D eigenvalue weighted by molar-refractivity contribution is 7.14. The molecule has 5 nitrogen and oxygen atoms in total. The average molecular weight is 333 g/mol. The Morgan fingerprint density at radius 2 is 2.05 bits per heavy atom. The third-order valence-corrected chi connectivity index (χ3v) is 3.65. The number of nitrogens with two attached hydrogens (primary N) is 1. The van der Waals surface area contributed by atoms with Gasteiger partial charge in [-0.3, -0.25) is 9.78 Å². The lowest BCUT2D eigenvalue weighted by atomic mass is 10.3. The van der Waals surface area contributed by atoms with Gasteiger partial charge in [-0.1, -0.05) is 6.07 Å². The van der Waals surface area contributed by atoms with Gasteiger partial charge in [0.15, 0.2) is 5.13 Å². The van der Waals surface area contributed by atoms with Gasteiger partial charge in [0.25, 0.3) is 0 Å². The molecule has 1 fully saturated rings. The number of halogens is 2. The summed E-state index contributed by atoms with van der Waals surface area (Å²) in [6.07, 6.45) is 3.21. The summed E-state index contributed by atoms with van der Waals surface area (Å²) in [7, 11) is 0. The molecule has 0 radical (unpaired) electrons. The summed E-state index contributed by atoms with van der Waals surface area (Å²) in [6, 6.07) is 5.63. The zero-order valence-corrected chi connectivity index (χ0v) is 12.9. The zero-order valence-electron chi connectivity index (χ0n) is 10.4. The Labute approximate surface area is 132 Å². The van der Waals surface area contributed by atoms with Crippen LogP contribution in [0.1, 0.15) is 12.8 Å². The van der Waals surface area contributed by atoms with Crippen LogP contribution in [0, 0.1) is 0 Å². The van der Waals surface area contributed by atoms with Crippen molar-refractivity contribution in [3.63, 3.8) is 0 Å². The summed E-state index contributed by atoms with van der Waals surface area (Å²) < 4.78 is 0. The molecule has 0 unspecified atom stereocenters. The second kappa shape index (κ2) is 6.49. The minimum absolute atomic E-state index is 0. The summed E-state index contributed by atoms with van der Waals surface area (Å²) in [5.41, 5.74) is 6.69. The Kier molecular flexibility index (Phi) is 5.47. The molecule has 0 atom stereocenters. The number of amides is 1. The summed E-state index contributed by atoms with van der Waals surface area (Å²) in [5, 5.41) is 5.19. The highest BCUT2D eigenvalue weighted by atomic mass is 35.5. The van der Waals surface area contributed by atoms with Gasteiger partial charge in [0, 0.05) is 11.6 Å². The number of pyridine rings is 1. The molecule has 0 aliphatic heterocycles. The van der Waals surface area contributed by atoms with E-state index in [1.165, 1.54) is 11.3 Å². The standard InChI is InChI=1S/C12H12N4OS.2ClH/c13-12(4-5-12)10(17)16-11-15-9(7-18-11)8-3-1-2-6-14-8;;/h1-3,6-7H,4-5,13H2,(H,15,16,17);2*1H. The number of thiazole rings is 1. The van der Waals surface area contributed by atoms with Crippen molar-refractivity contribution in [2.24, 2.45) is 5.73 Å². The van der Waals surface area contributed by atoms with Gasteiger partial charge < -0.3 is 11.1 Å². The highest BCUT2D eigenvalue weighted by Gasteiger charge is 2.46. The van der Waals surface area contributed by atoms with E-state index in [1.807, 2.05) is 23.6 Å². The third-order valence-electron chi connectivity index (χ3n) is 2.89. The van der Waals surface area contributed by atoms with E-state index >= 15 is 0 Å². The highest BCUT2D eigenvalue weighted by Crippen LogP contribution is 2.34. The van der Waals surface area contributed by atoms with Crippen LogP contribution >= 0.6 is 36.2 Å². The van der Waals surface area contributed by atoms with E-state index in [0.717, 1.165) is 24.2 Å². The van der Waals surface area contributed by atoms with Crippen molar-refractivity contribution in [1.82, 2.24) is 9.97 Å². The molecule has 2 aromatic heterocycles. The Hall–Kier alpha value is -1.21. The predicted molar refractivity (Wildman–Crippen MR) is 84.6 cm³/mol. The van der Waals surface area contributed by atoms with E-state index in [0.29, 0.717) is 5.13 Å². The molecule has 3 N–H and O–H groups in total. The zero-order chi connectivity index (χ0) is 12.6. The van der Waals surface area contributed by atoms with E-state index in [2.05, 4.69) is 15.3 Å². The van der Waals surface area contributed by atoms with Crippen LogP contribution in [0.3, 0.4) is 0 Å². The van der Waals surface area contributed by atoms with Crippen molar-refractivity contribution in [1.29, 1.82) is 0 Å². The molecule has 8 heteroatoms. The topological polar surface area (TPSA) is 80.9 Å². The first kappa shape index (κ1) is 16.8. The Morgan fingerprint density at radius 3 is 2.65 bits per heavy atom. The average Bonchev–Trinajstić information content (AvgIpc) is 2.98. The third kappa shape index (κ3) is 3.46. The van der Waals surface area contributed by atoms with Gasteiger partial charge in [-0.05, 0) is 25.0 Å². The first-order valence-electron chi connectivity index (χ1n) is 5.65. The second-order valence-electron chi connectivity index (χ2n) is 4.36. The smallest absolute Gasteiger partial charge is 0.246 e. The first-order chi connectivity index (χ1) is 8.67. The van der Waals surface area contributed by atoms with Crippen molar-refractivity contribution in [2.75, 3.05) is 5.32 Å². The van der Waals surface area contributed by atoms with E-state index in [-0.39, 0.29) is 30.7 Å². The number of nitrogens with zero attached hydrogens (tertiary/aromatic N) is 2. The molecule has 1 amide bonds. The largest absolute Gasteiger partial charge is 0.317 e. The van der Waals surface area contributed by atoms with Crippen LogP contribution in [-0.4, -0.2) is 21.4 Å². The summed E-state index contributed by atoms with van der Waals surface area (Å²) in [5.74, 6) is -0.149. The molecule has 0 saturated heterocycles. The SMILES string of the molecule is Cl.Cl.NC1(C(=O)Nc2nc(-c3ccccn3)cs2)CC1. The summed E-state index contributed by atoms with van der Waals surface area (Å²) in [4.78, 5) is 20.3. The van der Waals surface area contributed by atoms with Crippen molar-refractivity contribution in [3.05, 3.63) is 29.8 Å². The molecular formula is C12H14Cl2N4OS. The molecule has 2 heterocycles. The fourth-order valence-electron chi connectivity index (χ4n) is 1.55. The summed E-state index contributed by atoms with van der Waals surface area (Å²) >= 11 is 1.38. The number of carbonyl (C=O) groups is 1. The molecule has 1 aliphatic rings. The lowest BCUT2D eigenvalue weighted by molar-refractivity contribution is -0.118. The minimum atomic E-state index is -0.670. The molecule has 2 aromatic rings. The normalized spacial score (nSPS) is 14.7. The van der Waals surface area contributed by atoms with Crippen LogP contribution in [0.4, 0.5) is 5.13 Å². The van der Waals surface area contributed by atoms with Gasteiger partial charge in [-0.25, -0.2) is 4.98 Å². The molecule has 0 bridgehead atoms.